The van der Waals surface area contributed by atoms with E-state index in [-0.39, 0.29) is 12.1 Å². The molecule has 2 aromatic heterocycles. The summed E-state index contributed by atoms with van der Waals surface area (Å²) in [5, 5.41) is 8.16. The highest BCUT2D eigenvalue weighted by atomic mass is 16.5. The molecule has 2 atom stereocenters. The topological polar surface area (TPSA) is 80.1 Å². The van der Waals surface area contributed by atoms with Crippen molar-refractivity contribution in [1.82, 2.24) is 25.1 Å². The minimum atomic E-state index is 0.189. The molecule has 0 aromatic carbocycles. The number of imidazole rings is 1. The molecule has 120 valence electrons. The van der Waals surface area contributed by atoms with Gasteiger partial charge in [-0.3, -0.25) is 4.90 Å². The number of ether oxygens (including phenoxy) is 1. The Bertz CT molecular complexity index is 616. The number of likely N-dealkylation sites (tertiary alicyclic amines) is 1. The molecule has 1 N–H and O–H groups in total. The first-order valence-corrected chi connectivity index (χ1v) is 7.71. The summed E-state index contributed by atoms with van der Waals surface area (Å²) in [6, 6.07) is 0.189. The number of hydrogen-bond donors (Lipinski definition) is 1. The van der Waals surface area contributed by atoms with Gasteiger partial charge in [-0.25, -0.2) is 4.98 Å². The summed E-state index contributed by atoms with van der Waals surface area (Å²) >= 11 is 0. The zero-order chi connectivity index (χ0) is 15.7. The van der Waals surface area contributed by atoms with E-state index in [4.69, 9.17) is 9.15 Å². The quantitative estimate of drug-likeness (QED) is 0.909. The van der Waals surface area contributed by atoms with Crippen LogP contribution in [-0.2, 0) is 17.7 Å². The molecular weight excluding hydrogens is 282 g/mol. The van der Waals surface area contributed by atoms with Crippen LogP contribution in [0, 0.1) is 13.8 Å². The third-order valence-corrected chi connectivity index (χ3v) is 4.31. The van der Waals surface area contributed by atoms with E-state index in [2.05, 4.69) is 25.1 Å². The lowest BCUT2D eigenvalue weighted by Gasteiger charge is -2.20. The zero-order valence-electron chi connectivity index (χ0n) is 13.6. The summed E-state index contributed by atoms with van der Waals surface area (Å²) in [6.45, 7) is 7.53. The van der Waals surface area contributed by atoms with Crippen molar-refractivity contribution >= 4 is 0 Å². The molecule has 1 aliphatic heterocycles. The zero-order valence-corrected chi connectivity index (χ0v) is 13.6. The summed E-state index contributed by atoms with van der Waals surface area (Å²) in [5.41, 5.74) is 2.16. The Balaban J connectivity index is 1.79. The maximum absolute atomic E-state index is 5.64. The van der Waals surface area contributed by atoms with Crippen LogP contribution in [0.5, 0.6) is 0 Å². The van der Waals surface area contributed by atoms with Crippen LogP contribution in [0.2, 0.25) is 0 Å². The molecule has 2 aromatic rings. The fourth-order valence-electron chi connectivity index (χ4n) is 2.89. The predicted molar refractivity (Wildman–Crippen MR) is 80.3 cm³/mol. The van der Waals surface area contributed by atoms with Gasteiger partial charge in [-0.05, 0) is 20.3 Å². The highest BCUT2D eigenvalue weighted by Gasteiger charge is 2.36. The summed E-state index contributed by atoms with van der Waals surface area (Å²) in [6.07, 6.45) is 1.87. The van der Waals surface area contributed by atoms with Gasteiger partial charge < -0.3 is 14.1 Å². The minimum Gasteiger partial charge on any atom is -0.424 e. The molecule has 1 saturated heterocycles. The fourth-order valence-corrected chi connectivity index (χ4v) is 2.89. The van der Waals surface area contributed by atoms with Crippen molar-refractivity contribution in [3.8, 4) is 0 Å². The number of nitrogens with one attached hydrogen (secondary N) is 1. The summed E-state index contributed by atoms with van der Waals surface area (Å²) in [4.78, 5) is 10.3. The Kier molecular flexibility index (Phi) is 4.26. The Morgan fingerprint density at radius 3 is 2.68 bits per heavy atom. The van der Waals surface area contributed by atoms with Crippen LogP contribution in [0.4, 0.5) is 0 Å². The van der Waals surface area contributed by atoms with E-state index in [0.717, 1.165) is 36.6 Å². The molecule has 0 bridgehead atoms. The van der Waals surface area contributed by atoms with Crippen molar-refractivity contribution in [2.75, 3.05) is 13.7 Å². The lowest BCUT2D eigenvalue weighted by atomic mass is 10.2. The number of aromatic amines is 1. The number of hydrogen-bond acceptors (Lipinski definition) is 6. The van der Waals surface area contributed by atoms with E-state index >= 15 is 0 Å². The number of methoxy groups -OCH3 is 1. The normalized spacial score (nSPS) is 22.5. The van der Waals surface area contributed by atoms with Crippen molar-refractivity contribution in [2.24, 2.45) is 0 Å². The van der Waals surface area contributed by atoms with Gasteiger partial charge in [0, 0.05) is 25.8 Å². The molecule has 3 rings (SSSR count). The lowest BCUT2D eigenvalue weighted by molar-refractivity contribution is 0.106. The molecule has 0 saturated carbocycles. The molecule has 22 heavy (non-hydrogen) atoms. The van der Waals surface area contributed by atoms with Crippen LogP contribution in [0.15, 0.2) is 4.42 Å². The van der Waals surface area contributed by atoms with Gasteiger partial charge >= 0.3 is 0 Å². The number of rotatable bonds is 5. The second kappa shape index (κ2) is 6.18. The molecule has 7 nitrogen and oxygen atoms in total. The third kappa shape index (κ3) is 2.91. The standard InChI is InChI=1S/C15H23N5O2/c1-5-13-18-19-14(22-13)8-20-7-11(21-4)6-12(20)15-16-9(2)10(3)17-15/h11-12H,5-8H2,1-4H3,(H,16,17)/t11-,12+/m1/s1. The maximum Gasteiger partial charge on any atom is 0.230 e. The van der Waals surface area contributed by atoms with Crippen LogP contribution in [0.25, 0.3) is 0 Å². The molecule has 0 spiro atoms. The van der Waals surface area contributed by atoms with Crippen molar-refractivity contribution in [1.29, 1.82) is 0 Å². The largest absolute Gasteiger partial charge is 0.424 e. The SMILES string of the molecule is CCc1nnc(CN2C[C@H](OC)C[C@H]2c2nc(C)c(C)[nH]2)o1. The second-order valence-corrected chi connectivity index (χ2v) is 5.81. The van der Waals surface area contributed by atoms with Gasteiger partial charge in [0.15, 0.2) is 0 Å². The van der Waals surface area contributed by atoms with Gasteiger partial charge in [-0.15, -0.1) is 10.2 Å². The Labute approximate surface area is 130 Å². The molecule has 0 aliphatic carbocycles. The number of aromatic nitrogens is 4. The van der Waals surface area contributed by atoms with E-state index in [0.29, 0.717) is 18.3 Å². The fraction of sp³-hybridized carbons (Fsp3) is 0.667. The Morgan fingerprint density at radius 1 is 1.32 bits per heavy atom. The molecule has 1 fully saturated rings. The molecular formula is C15H23N5O2. The van der Waals surface area contributed by atoms with Crippen molar-refractivity contribution in [3.05, 3.63) is 29.0 Å². The molecule has 0 unspecified atom stereocenters. The highest BCUT2D eigenvalue weighted by Crippen LogP contribution is 2.33. The summed E-state index contributed by atoms with van der Waals surface area (Å²) in [5.74, 6) is 2.32. The second-order valence-electron chi connectivity index (χ2n) is 5.81. The van der Waals surface area contributed by atoms with Gasteiger partial charge in [0.1, 0.15) is 5.82 Å². The van der Waals surface area contributed by atoms with Crippen molar-refractivity contribution in [2.45, 2.75) is 52.3 Å². The first-order valence-electron chi connectivity index (χ1n) is 7.71. The van der Waals surface area contributed by atoms with E-state index in [9.17, 15) is 0 Å². The minimum absolute atomic E-state index is 0.189. The van der Waals surface area contributed by atoms with Crippen molar-refractivity contribution < 1.29 is 9.15 Å². The summed E-state index contributed by atoms with van der Waals surface area (Å²) < 4.78 is 11.2. The van der Waals surface area contributed by atoms with E-state index < -0.39 is 0 Å². The van der Waals surface area contributed by atoms with Gasteiger partial charge in [-0.1, -0.05) is 6.92 Å². The van der Waals surface area contributed by atoms with Gasteiger partial charge in [0.2, 0.25) is 11.8 Å². The van der Waals surface area contributed by atoms with Gasteiger partial charge in [0.25, 0.3) is 0 Å². The van der Waals surface area contributed by atoms with Crippen LogP contribution < -0.4 is 0 Å². The molecule has 0 amide bonds. The smallest absolute Gasteiger partial charge is 0.230 e. The number of nitrogens with zero attached hydrogens (tertiary/aromatic N) is 4. The molecule has 1 aliphatic rings. The lowest BCUT2D eigenvalue weighted by Crippen LogP contribution is -2.25. The van der Waals surface area contributed by atoms with E-state index in [1.54, 1.807) is 7.11 Å². The van der Waals surface area contributed by atoms with Crippen LogP contribution in [-0.4, -0.2) is 44.8 Å². The first-order chi connectivity index (χ1) is 10.6. The van der Waals surface area contributed by atoms with Crippen LogP contribution in [0.3, 0.4) is 0 Å². The van der Waals surface area contributed by atoms with E-state index in [1.165, 1.54) is 0 Å². The molecule has 7 heteroatoms. The summed E-state index contributed by atoms with van der Waals surface area (Å²) in [7, 11) is 1.76. The highest BCUT2D eigenvalue weighted by molar-refractivity contribution is 5.14. The number of aryl methyl sites for hydroxylation is 3. The van der Waals surface area contributed by atoms with Gasteiger partial charge in [0.05, 0.1) is 24.4 Å². The average Bonchev–Trinajstić information content (AvgIpc) is 3.20. The maximum atomic E-state index is 5.64. The number of H-pyrrole nitrogens is 1. The van der Waals surface area contributed by atoms with Gasteiger partial charge in [-0.2, -0.15) is 0 Å². The Morgan fingerprint density at radius 2 is 2.09 bits per heavy atom. The monoisotopic (exact) mass is 305 g/mol. The molecule has 3 heterocycles. The Hall–Kier alpha value is -1.73. The van der Waals surface area contributed by atoms with Crippen molar-refractivity contribution in [3.63, 3.8) is 0 Å². The van der Waals surface area contributed by atoms with Crippen LogP contribution in [0.1, 0.15) is 48.4 Å². The van der Waals surface area contributed by atoms with E-state index in [1.807, 2.05) is 20.8 Å². The first kappa shape index (κ1) is 15.2. The average molecular weight is 305 g/mol. The predicted octanol–water partition coefficient (Wildman–Crippen LogP) is 1.93. The van der Waals surface area contributed by atoms with Crippen LogP contribution >= 0.6 is 0 Å². The molecule has 0 radical (unpaired) electrons. The third-order valence-electron chi connectivity index (χ3n) is 4.31.